The number of nitrogens with zero attached hydrogens (tertiary/aromatic N) is 7. The Morgan fingerprint density at radius 2 is 2.10 bits per heavy atom. The van der Waals surface area contributed by atoms with Crippen LogP contribution in [0, 0.1) is 0 Å². The zero-order chi connectivity index (χ0) is 21.8. The van der Waals surface area contributed by atoms with Gasteiger partial charge in [0, 0.05) is 31.4 Å². The van der Waals surface area contributed by atoms with Crippen LogP contribution in [-0.2, 0) is 16.3 Å². The third-order valence-corrected chi connectivity index (χ3v) is 6.92. The predicted molar refractivity (Wildman–Crippen MR) is 120 cm³/mol. The lowest BCUT2D eigenvalue weighted by Crippen LogP contribution is -2.44. The largest absolute Gasteiger partial charge is 0.377 e. The highest BCUT2D eigenvalue weighted by molar-refractivity contribution is 7.70. The van der Waals surface area contributed by atoms with Crippen LogP contribution in [0.3, 0.4) is 0 Å². The van der Waals surface area contributed by atoms with Crippen molar-refractivity contribution in [2.75, 3.05) is 38.0 Å². The van der Waals surface area contributed by atoms with Gasteiger partial charge in [0.1, 0.15) is 18.4 Å². The molecule has 0 amide bonds. The van der Waals surface area contributed by atoms with Gasteiger partial charge in [0.15, 0.2) is 11.5 Å². The standard InChI is InChI=1S/C20H25N8O2P/c1-13-12-30-10-9-27(13)17-11-14(15-5-8-22-26(15)2)18-19(23-17)28(16-6-7-21-24-16)25-20(18)31(3,4)29/h5-8,11,13H,9-10,12H2,1-4H3,(H,21,24). The van der Waals surface area contributed by atoms with E-state index in [0.29, 0.717) is 30.1 Å². The molecule has 31 heavy (non-hydrogen) atoms. The fourth-order valence-electron chi connectivity index (χ4n) is 4.05. The Bertz CT molecular complexity index is 1290. The lowest BCUT2D eigenvalue weighted by Gasteiger charge is -2.34. The first-order valence-electron chi connectivity index (χ1n) is 10.2. The summed E-state index contributed by atoms with van der Waals surface area (Å²) in [6.45, 7) is 7.63. The Hall–Kier alpha value is -2.97. The van der Waals surface area contributed by atoms with Gasteiger partial charge < -0.3 is 14.2 Å². The number of aryl methyl sites for hydroxylation is 1. The number of morpholine rings is 1. The fraction of sp³-hybridized carbons (Fsp3) is 0.400. The van der Waals surface area contributed by atoms with E-state index in [0.717, 1.165) is 29.0 Å². The number of pyridine rings is 1. The Morgan fingerprint density at radius 1 is 1.26 bits per heavy atom. The van der Waals surface area contributed by atoms with Crippen molar-refractivity contribution in [2.24, 2.45) is 7.05 Å². The zero-order valence-electron chi connectivity index (χ0n) is 18.0. The van der Waals surface area contributed by atoms with Crippen molar-refractivity contribution in [2.45, 2.75) is 13.0 Å². The van der Waals surface area contributed by atoms with E-state index in [1.807, 2.05) is 23.9 Å². The van der Waals surface area contributed by atoms with E-state index in [1.54, 1.807) is 30.4 Å². The van der Waals surface area contributed by atoms with Crippen molar-refractivity contribution < 1.29 is 9.30 Å². The minimum atomic E-state index is -2.72. The summed E-state index contributed by atoms with van der Waals surface area (Å²) in [6, 6.07) is 6.01. The Kier molecular flexibility index (Phi) is 4.71. The van der Waals surface area contributed by atoms with Gasteiger partial charge in [-0.3, -0.25) is 9.78 Å². The van der Waals surface area contributed by atoms with Crippen LogP contribution in [0.2, 0.25) is 0 Å². The molecule has 1 unspecified atom stereocenters. The fourth-order valence-corrected chi connectivity index (χ4v) is 5.11. The van der Waals surface area contributed by atoms with Crippen LogP contribution in [-0.4, -0.2) is 73.9 Å². The van der Waals surface area contributed by atoms with Crippen LogP contribution in [0.15, 0.2) is 30.6 Å². The number of rotatable bonds is 4. The van der Waals surface area contributed by atoms with Crippen LogP contribution >= 0.6 is 7.14 Å². The summed E-state index contributed by atoms with van der Waals surface area (Å²) in [5.41, 5.74) is 3.00. The lowest BCUT2D eigenvalue weighted by atomic mass is 10.1. The second kappa shape index (κ2) is 7.32. The first-order valence-corrected chi connectivity index (χ1v) is 12.8. The molecule has 4 aromatic heterocycles. The summed E-state index contributed by atoms with van der Waals surface area (Å²) in [6.07, 6.45) is 3.42. The molecule has 1 N–H and O–H groups in total. The molecule has 1 aliphatic heterocycles. The number of hydrogen-bond donors (Lipinski definition) is 1. The number of ether oxygens (including phenoxy) is 1. The van der Waals surface area contributed by atoms with Crippen LogP contribution in [0.25, 0.3) is 28.1 Å². The molecule has 5 heterocycles. The second-order valence-corrected chi connectivity index (χ2v) is 11.3. The molecule has 10 nitrogen and oxygen atoms in total. The Labute approximate surface area is 179 Å². The maximum atomic E-state index is 13.3. The summed E-state index contributed by atoms with van der Waals surface area (Å²) in [5.74, 6) is 1.49. The van der Waals surface area contributed by atoms with E-state index in [-0.39, 0.29) is 6.04 Å². The molecular formula is C20H25N8O2P. The average Bonchev–Trinajstić information content (AvgIpc) is 3.46. The van der Waals surface area contributed by atoms with Crippen molar-refractivity contribution in [1.29, 1.82) is 0 Å². The number of anilines is 1. The minimum Gasteiger partial charge on any atom is -0.377 e. The molecule has 162 valence electrons. The van der Waals surface area contributed by atoms with Crippen LogP contribution < -0.4 is 10.3 Å². The molecule has 4 aromatic rings. The third-order valence-electron chi connectivity index (χ3n) is 5.59. The first kappa shape index (κ1) is 20.0. The van der Waals surface area contributed by atoms with Crippen LogP contribution in [0.5, 0.6) is 0 Å². The highest BCUT2D eigenvalue weighted by atomic mass is 31.2. The van der Waals surface area contributed by atoms with Crippen molar-refractivity contribution >= 4 is 29.4 Å². The SMILES string of the molecule is CC1COCCN1c1cc(-c2ccnn2C)c2c(P(C)(C)=O)nn(-c3ccn[nH]3)c2n1. The van der Waals surface area contributed by atoms with E-state index >= 15 is 0 Å². The van der Waals surface area contributed by atoms with E-state index in [4.69, 9.17) is 14.8 Å². The molecule has 5 rings (SSSR count). The molecule has 0 saturated carbocycles. The van der Waals surface area contributed by atoms with Gasteiger partial charge in [-0.15, -0.1) is 0 Å². The average molecular weight is 440 g/mol. The zero-order valence-corrected chi connectivity index (χ0v) is 18.9. The smallest absolute Gasteiger partial charge is 0.168 e. The number of H-pyrrole nitrogens is 1. The lowest BCUT2D eigenvalue weighted by molar-refractivity contribution is 0.0985. The van der Waals surface area contributed by atoms with Crippen LogP contribution in [0.1, 0.15) is 6.92 Å². The molecule has 0 aliphatic carbocycles. The molecule has 11 heteroatoms. The highest BCUT2D eigenvalue weighted by Gasteiger charge is 2.29. The monoisotopic (exact) mass is 440 g/mol. The van der Waals surface area contributed by atoms with Crippen molar-refractivity contribution in [3.8, 4) is 17.1 Å². The molecule has 0 aromatic carbocycles. The normalized spacial score (nSPS) is 17.5. The molecular weight excluding hydrogens is 415 g/mol. The van der Waals surface area contributed by atoms with Gasteiger partial charge in [0.05, 0.1) is 36.5 Å². The van der Waals surface area contributed by atoms with Gasteiger partial charge >= 0.3 is 0 Å². The summed E-state index contributed by atoms with van der Waals surface area (Å²) >= 11 is 0. The van der Waals surface area contributed by atoms with E-state index < -0.39 is 7.14 Å². The van der Waals surface area contributed by atoms with Crippen molar-refractivity contribution in [1.82, 2.24) is 34.7 Å². The van der Waals surface area contributed by atoms with Gasteiger partial charge in [0.25, 0.3) is 0 Å². The second-order valence-electron chi connectivity index (χ2n) is 8.21. The van der Waals surface area contributed by atoms with E-state index in [2.05, 4.69) is 33.2 Å². The van der Waals surface area contributed by atoms with Gasteiger partial charge in [-0.2, -0.15) is 20.0 Å². The minimum absolute atomic E-state index is 0.185. The maximum Gasteiger partial charge on any atom is 0.168 e. The van der Waals surface area contributed by atoms with Crippen molar-refractivity contribution in [3.63, 3.8) is 0 Å². The third kappa shape index (κ3) is 3.36. The highest BCUT2D eigenvalue weighted by Crippen LogP contribution is 2.41. The summed E-state index contributed by atoms with van der Waals surface area (Å²) in [5, 5.41) is 16.9. The van der Waals surface area contributed by atoms with E-state index in [1.165, 1.54) is 0 Å². The summed E-state index contributed by atoms with van der Waals surface area (Å²) in [4.78, 5) is 7.25. The summed E-state index contributed by atoms with van der Waals surface area (Å²) in [7, 11) is -0.819. The Balaban J connectivity index is 1.87. The maximum absolute atomic E-state index is 13.3. The molecule has 1 aliphatic rings. The predicted octanol–water partition coefficient (Wildman–Crippen LogP) is 2.02. The molecule has 1 atom stereocenters. The molecule has 1 fully saturated rings. The topological polar surface area (TPSA) is 107 Å². The van der Waals surface area contributed by atoms with Crippen molar-refractivity contribution in [3.05, 3.63) is 30.6 Å². The summed E-state index contributed by atoms with van der Waals surface area (Å²) < 4.78 is 22.4. The molecule has 0 radical (unpaired) electrons. The number of nitrogens with one attached hydrogen (secondary N) is 1. The molecule has 0 spiro atoms. The molecule has 0 bridgehead atoms. The van der Waals surface area contributed by atoms with Crippen LogP contribution in [0.4, 0.5) is 5.82 Å². The molecule has 1 saturated heterocycles. The number of hydrogen-bond acceptors (Lipinski definition) is 7. The van der Waals surface area contributed by atoms with Gasteiger partial charge in [-0.1, -0.05) is 0 Å². The van der Waals surface area contributed by atoms with Gasteiger partial charge in [0.2, 0.25) is 0 Å². The number of fused-ring (bicyclic) bond motifs is 1. The van der Waals surface area contributed by atoms with Gasteiger partial charge in [-0.25, -0.2) is 4.98 Å². The number of aromatic nitrogens is 7. The quantitative estimate of drug-likeness (QED) is 0.484. The van der Waals surface area contributed by atoms with Gasteiger partial charge in [-0.05, 0) is 32.4 Å². The Morgan fingerprint density at radius 3 is 2.74 bits per heavy atom. The number of aromatic amines is 1. The first-order chi connectivity index (χ1) is 14.8. The van der Waals surface area contributed by atoms with E-state index in [9.17, 15) is 4.57 Å².